The van der Waals surface area contributed by atoms with Crippen LogP contribution in [0.3, 0.4) is 0 Å². The van der Waals surface area contributed by atoms with Gasteiger partial charge in [0, 0.05) is 24.9 Å². The Labute approximate surface area is 102 Å². The van der Waals surface area contributed by atoms with Gasteiger partial charge in [0.1, 0.15) is 0 Å². The molecule has 1 aromatic rings. The number of hydrogen-bond donors (Lipinski definition) is 0. The van der Waals surface area contributed by atoms with Crippen LogP contribution in [-0.2, 0) is 0 Å². The van der Waals surface area contributed by atoms with Crippen molar-refractivity contribution in [2.45, 2.75) is 23.5 Å². The lowest BCUT2D eigenvalue weighted by molar-refractivity contribution is 0.0535. The van der Waals surface area contributed by atoms with Gasteiger partial charge in [-0.3, -0.25) is 4.79 Å². The molecule has 0 aliphatic carbocycles. The smallest absolute Gasteiger partial charge is 0.254 e. The standard InChI is InChI=1S/C12H11BrFNO/c13-12(14)5-6-15-10(7-12)8-3-1-2-4-9(8)11(15)16/h1-4,10H,5-7H2/t10-,12-/m1/s1. The van der Waals surface area contributed by atoms with E-state index < -0.39 is 4.58 Å². The number of carbonyl (C=O) groups excluding carboxylic acids is 1. The molecular formula is C12H11BrFNO. The third kappa shape index (κ3) is 1.39. The van der Waals surface area contributed by atoms with E-state index in [1.54, 1.807) is 4.90 Å². The summed E-state index contributed by atoms with van der Waals surface area (Å²) in [4.78, 5) is 13.8. The van der Waals surface area contributed by atoms with Crippen LogP contribution in [0.5, 0.6) is 0 Å². The first-order valence-corrected chi connectivity index (χ1v) is 6.15. The summed E-state index contributed by atoms with van der Waals surface area (Å²) in [6.45, 7) is 0.486. The zero-order valence-electron chi connectivity index (χ0n) is 8.62. The summed E-state index contributed by atoms with van der Waals surface area (Å²) in [5.41, 5.74) is 1.70. The molecule has 3 rings (SSSR count). The quantitative estimate of drug-likeness (QED) is 0.671. The van der Waals surface area contributed by atoms with Crippen molar-refractivity contribution in [3.63, 3.8) is 0 Å². The van der Waals surface area contributed by atoms with Gasteiger partial charge >= 0.3 is 0 Å². The molecule has 0 saturated carbocycles. The fourth-order valence-corrected chi connectivity index (χ4v) is 3.08. The molecule has 0 spiro atoms. The van der Waals surface area contributed by atoms with Crippen molar-refractivity contribution in [2.75, 3.05) is 6.54 Å². The van der Waals surface area contributed by atoms with E-state index in [-0.39, 0.29) is 11.9 Å². The third-order valence-corrected chi connectivity index (χ3v) is 4.12. The zero-order valence-corrected chi connectivity index (χ0v) is 10.2. The third-order valence-electron chi connectivity index (χ3n) is 3.40. The van der Waals surface area contributed by atoms with E-state index in [0.29, 0.717) is 19.4 Å². The molecule has 0 radical (unpaired) electrons. The molecule has 2 aliphatic heterocycles. The molecule has 2 nitrogen and oxygen atoms in total. The Morgan fingerprint density at radius 3 is 3.00 bits per heavy atom. The van der Waals surface area contributed by atoms with Crippen LogP contribution in [0, 0.1) is 0 Å². The first-order chi connectivity index (χ1) is 7.58. The summed E-state index contributed by atoms with van der Waals surface area (Å²) in [7, 11) is 0. The number of amides is 1. The average molecular weight is 284 g/mol. The van der Waals surface area contributed by atoms with Crippen molar-refractivity contribution in [1.82, 2.24) is 4.90 Å². The van der Waals surface area contributed by atoms with Crippen molar-refractivity contribution in [3.05, 3.63) is 35.4 Å². The summed E-state index contributed by atoms with van der Waals surface area (Å²) in [5.74, 6) is 0.0450. The van der Waals surface area contributed by atoms with E-state index in [9.17, 15) is 9.18 Å². The largest absolute Gasteiger partial charge is 0.331 e. The highest BCUT2D eigenvalue weighted by Crippen LogP contribution is 2.46. The summed E-state index contributed by atoms with van der Waals surface area (Å²) in [6.07, 6.45) is 0.707. The van der Waals surface area contributed by atoms with Crippen molar-refractivity contribution in [1.29, 1.82) is 0 Å². The molecule has 0 N–H and O–H groups in total. The predicted molar refractivity (Wildman–Crippen MR) is 62.2 cm³/mol. The molecule has 84 valence electrons. The topological polar surface area (TPSA) is 20.3 Å². The van der Waals surface area contributed by atoms with E-state index in [2.05, 4.69) is 15.9 Å². The SMILES string of the molecule is O=C1c2ccccc2[C@H]2C[C@@](F)(Br)CCN12. The lowest BCUT2D eigenvalue weighted by atomic mass is 9.96. The average Bonchev–Trinajstić information content (AvgIpc) is 2.52. The Morgan fingerprint density at radius 1 is 1.44 bits per heavy atom. The highest BCUT2D eigenvalue weighted by molar-refractivity contribution is 9.10. The van der Waals surface area contributed by atoms with Gasteiger partial charge in [-0.1, -0.05) is 18.2 Å². The number of nitrogens with zero attached hydrogens (tertiary/aromatic N) is 1. The Hall–Kier alpha value is -0.900. The molecule has 1 saturated heterocycles. The van der Waals surface area contributed by atoms with Gasteiger partial charge < -0.3 is 4.90 Å². The van der Waals surface area contributed by atoms with Crippen LogP contribution in [-0.4, -0.2) is 21.9 Å². The second-order valence-corrected chi connectivity index (χ2v) is 5.83. The van der Waals surface area contributed by atoms with Gasteiger partial charge in [0.2, 0.25) is 0 Å². The maximum absolute atomic E-state index is 13.9. The number of halogens is 2. The van der Waals surface area contributed by atoms with Crippen LogP contribution in [0.25, 0.3) is 0 Å². The molecule has 2 atom stereocenters. The van der Waals surface area contributed by atoms with Crippen molar-refractivity contribution < 1.29 is 9.18 Å². The second kappa shape index (κ2) is 3.29. The monoisotopic (exact) mass is 283 g/mol. The fraction of sp³-hybridized carbons (Fsp3) is 0.417. The minimum absolute atomic E-state index is 0.0450. The highest BCUT2D eigenvalue weighted by atomic mass is 79.9. The molecule has 1 aromatic carbocycles. The van der Waals surface area contributed by atoms with Crippen molar-refractivity contribution in [2.24, 2.45) is 0 Å². The van der Waals surface area contributed by atoms with Gasteiger partial charge in [0.15, 0.2) is 4.58 Å². The number of fused-ring (bicyclic) bond motifs is 3. The first kappa shape index (κ1) is 10.3. The first-order valence-electron chi connectivity index (χ1n) is 5.36. The molecule has 2 aliphatic rings. The number of carbonyl (C=O) groups is 1. The maximum Gasteiger partial charge on any atom is 0.254 e. The lowest BCUT2D eigenvalue weighted by Gasteiger charge is -2.36. The number of hydrogen-bond acceptors (Lipinski definition) is 1. The van der Waals surface area contributed by atoms with Gasteiger partial charge in [-0.15, -0.1) is 0 Å². The minimum Gasteiger partial charge on any atom is -0.331 e. The van der Waals surface area contributed by atoms with Crippen LogP contribution in [0.15, 0.2) is 24.3 Å². The van der Waals surface area contributed by atoms with E-state index in [1.165, 1.54) is 0 Å². The van der Waals surface area contributed by atoms with Gasteiger partial charge in [-0.05, 0) is 27.6 Å². The molecule has 2 heterocycles. The van der Waals surface area contributed by atoms with Crippen LogP contribution in [0.4, 0.5) is 4.39 Å². The Morgan fingerprint density at radius 2 is 2.19 bits per heavy atom. The van der Waals surface area contributed by atoms with Gasteiger partial charge in [0.25, 0.3) is 5.91 Å². The molecule has 16 heavy (non-hydrogen) atoms. The van der Waals surface area contributed by atoms with Crippen LogP contribution in [0.2, 0.25) is 0 Å². The fourth-order valence-electron chi connectivity index (χ4n) is 2.59. The van der Waals surface area contributed by atoms with Crippen molar-refractivity contribution >= 4 is 21.8 Å². The lowest BCUT2D eigenvalue weighted by Crippen LogP contribution is -2.40. The highest BCUT2D eigenvalue weighted by Gasteiger charge is 2.45. The Kier molecular flexibility index (Phi) is 2.11. The Bertz CT molecular complexity index is 460. The number of benzene rings is 1. The minimum atomic E-state index is -1.33. The molecule has 1 fully saturated rings. The molecule has 0 aromatic heterocycles. The predicted octanol–water partition coefficient (Wildman–Crippen LogP) is 3.04. The van der Waals surface area contributed by atoms with Gasteiger partial charge in [0.05, 0.1) is 6.04 Å². The van der Waals surface area contributed by atoms with E-state index in [4.69, 9.17) is 0 Å². The summed E-state index contributed by atoms with van der Waals surface area (Å²) in [6, 6.07) is 7.41. The van der Waals surface area contributed by atoms with E-state index >= 15 is 0 Å². The molecular weight excluding hydrogens is 273 g/mol. The van der Waals surface area contributed by atoms with Crippen molar-refractivity contribution in [3.8, 4) is 0 Å². The summed E-state index contributed by atoms with van der Waals surface area (Å²) in [5, 5.41) is 0. The Balaban J connectivity index is 2.05. The number of alkyl halides is 2. The maximum atomic E-state index is 13.9. The van der Waals surface area contributed by atoms with Crippen LogP contribution >= 0.6 is 15.9 Å². The molecule has 1 amide bonds. The molecule has 4 heteroatoms. The normalized spacial score (nSPS) is 32.5. The van der Waals surface area contributed by atoms with E-state index in [0.717, 1.165) is 11.1 Å². The van der Waals surface area contributed by atoms with E-state index in [1.807, 2.05) is 24.3 Å². The molecule has 0 unspecified atom stereocenters. The van der Waals surface area contributed by atoms with Gasteiger partial charge in [-0.2, -0.15) is 0 Å². The van der Waals surface area contributed by atoms with Crippen LogP contribution < -0.4 is 0 Å². The molecule has 0 bridgehead atoms. The second-order valence-electron chi connectivity index (χ2n) is 4.41. The van der Waals surface area contributed by atoms with Gasteiger partial charge in [-0.25, -0.2) is 4.39 Å². The van der Waals surface area contributed by atoms with Crippen LogP contribution in [0.1, 0.15) is 34.8 Å². The summed E-state index contributed by atoms with van der Waals surface area (Å²) < 4.78 is 12.6. The summed E-state index contributed by atoms with van der Waals surface area (Å²) >= 11 is 3.10. The number of rotatable bonds is 0. The number of piperidine rings is 1. The zero-order chi connectivity index (χ0) is 11.3.